The Kier molecular flexibility index (Phi) is 5.35. The summed E-state index contributed by atoms with van der Waals surface area (Å²) >= 11 is 1.41. The lowest BCUT2D eigenvalue weighted by Crippen LogP contribution is -2.16. The molecule has 4 nitrogen and oxygen atoms in total. The Morgan fingerprint density at radius 1 is 1.29 bits per heavy atom. The van der Waals surface area contributed by atoms with Crippen LogP contribution in [0.1, 0.15) is 22.9 Å². The van der Waals surface area contributed by atoms with E-state index in [4.69, 9.17) is 5.26 Å². The Hall–Kier alpha value is -2.32. The highest BCUT2D eigenvalue weighted by Crippen LogP contribution is 2.27. The summed E-state index contributed by atoms with van der Waals surface area (Å²) in [4.78, 5) is 9.09. The number of rotatable bonds is 3. The van der Waals surface area contributed by atoms with Gasteiger partial charge in [0.1, 0.15) is 6.04 Å². The number of aliphatic imine (C=N–C) groups is 1. The average molecular weight is 296 g/mol. The first-order valence-corrected chi connectivity index (χ1v) is 7.72. The van der Waals surface area contributed by atoms with Crippen LogP contribution in [0.15, 0.2) is 53.7 Å². The standard InChI is InChI=1S/C16H16N4S/c1-12-7-3-4-8-13(12)15(14-9-5-6-10-18-14)20-16(21-2)19-11-17/h3-10,15H,1-2H3,(H,19,20). The van der Waals surface area contributed by atoms with Gasteiger partial charge in [0.25, 0.3) is 0 Å². The van der Waals surface area contributed by atoms with Crippen molar-refractivity contribution in [3.05, 3.63) is 65.5 Å². The number of thioether (sulfide) groups is 1. The second-order valence-electron chi connectivity index (χ2n) is 4.39. The summed E-state index contributed by atoms with van der Waals surface area (Å²) in [7, 11) is 0. The Morgan fingerprint density at radius 3 is 2.67 bits per heavy atom. The molecule has 0 aliphatic rings. The lowest BCUT2D eigenvalue weighted by atomic mass is 9.99. The van der Waals surface area contributed by atoms with Gasteiger partial charge in [-0.3, -0.25) is 10.3 Å². The first kappa shape index (κ1) is 15.1. The third-order valence-electron chi connectivity index (χ3n) is 3.05. The van der Waals surface area contributed by atoms with Crippen molar-refractivity contribution >= 4 is 16.9 Å². The zero-order chi connectivity index (χ0) is 15.1. The molecular formula is C16H16N4S. The molecule has 0 saturated heterocycles. The van der Waals surface area contributed by atoms with Crippen molar-refractivity contribution in [2.75, 3.05) is 6.26 Å². The highest BCUT2D eigenvalue weighted by Gasteiger charge is 2.17. The zero-order valence-electron chi connectivity index (χ0n) is 11.9. The molecule has 1 aromatic heterocycles. The minimum Gasteiger partial charge on any atom is -0.272 e. The summed E-state index contributed by atoms with van der Waals surface area (Å²) in [5, 5.41) is 12.0. The van der Waals surface area contributed by atoms with Crippen molar-refractivity contribution in [3.63, 3.8) is 0 Å². The van der Waals surface area contributed by atoms with Crippen LogP contribution in [-0.2, 0) is 0 Å². The predicted molar refractivity (Wildman–Crippen MR) is 87.0 cm³/mol. The molecule has 1 atom stereocenters. The van der Waals surface area contributed by atoms with E-state index < -0.39 is 0 Å². The zero-order valence-corrected chi connectivity index (χ0v) is 12.8. The average Bonchev–Trinajstić information content (AvgIpc) is 2.53. The molecule has 0 fully saturated rings. The summed E-state index contributed by atoms with van der Waals surface area (Å²) in [5.74, 6) is 0. The van der Waals surface area contributed by atoms with Gasteiger partial charge in [0.15, 0.2) is 11.4 Å². The second-order valence-corrected chi connectivity index (χ2v) is 5.18. The molecule has 2 aromatic rings. The van der Waals surface area contributed by atoms with E-state index in [-0.39, 0.29) is 6.04 Å². The van der Waals surface area contributed by atoms with Crippen molar-refractivity contribution in [3.8, 4) is 6.19 Å². The lowest BCUT2D eigenvalue weighted by Gasteiger charge is -2.16. The first-order valence-electron chi connectivity index (χ1n) is 6.49. The van der Waals surface area contributed by atoms with Crippen molar-refractivity contribution in [1.29, 1.82) is 5.26 Å². The molecule has 1 aromatic carbocycles. The number of pyridine rings is 1. The number of nitrogens with zero attached hydrogens (tertiary/aromatic N) is 3. The van der Waals surface area contributed by atoms with Crippen LogP contribution in [0.3, 0.4) is 0 Å². The Labute approximate surface area is 128 Å². The number of nitriles is 1. The van der Waals surface area contributed by atoms with Gasteiger partial charge in [0.2, 0.25) is 0 Å². The summed E-state index contributed by atoms with van der Waals surface area (Å²) in [6.07, 6.45) is 5.56. The Balaban J connectivity index is 2.51. The molecule has 0 saturated carbocycles. The van der Waals surface area contributed by atoms with Crippen molar-refractivity contribution in [1.82, 2.24) is 10.3 Å². The normalized spacial score (nSPS) is 12.5. The summed E-state index contributed by atoms with van der Waals surface area (Å²) in [6, 6.07) is 13.6. The van der Waals surface area contributed by atoms with E-state index in [1.165, 1.54) is 11.8 Å². The maximum Gasteiger partial charge on any atom is 0.183 e. The van der Waals surface area contributed by atoms with Crippen LogP contribution in [0.5, 0.6) is 0 Å². The minimum absolute atomic E-state index is 0.226. The molecule has 21 heavy (non-hydrogen) atoms. The van der Waals surface area contributed by atoms with Gasteiger partial charge in [-0.25, -0.2) is 4.99 Å². The van der Waals surface area contributed by atoms with Crippen molar-refractivity contribution in [2.45, 2.75) is 13.0 Å². The van der Waals surface area contributed by atoms with Gasteiger partial charge < -0.3 is 0 Å². The van der Waals surface area contributed by atoms with E-state index >= 15 is 0 Å². The van der Waals surface area contributed by atoms with Crippen LogP contribution in [0.2, 0.25) is 0 Å². The molecule has 0 aliphatic heterocycles. The fourth-order valence-corrected chi connectivity index (χ4v) is 2.39. The number of aromatic nitrogens is 1. The predicted octanol–water partition coefficient (Wildman–Crippen LogP) is 3.27. The van der Waals surface area contributed by atoms with Crippen molar-refractivity contribution < 1.29 is 0 Å². The van der Waals surface area contributed by atoms with Crippen molar-refractivity contribution in [2.24, 2.45) is 4.99 Å². The maximum absolute atomic E-state index is 8.81. The number of amidine groups is 1. The van der Waals surface area contributed by atoms with E-state index in [0.29, 0.717) is 5.17 Å². The lowest BCUT2D eigenvalue weighted by molar-refractivity contribution is 0.821. The van der Waals surface area contributed by atoms with E-state index in [2.05, 4.69) is 28.3 Å². The third kappa shape index (κ3) is 3.83. The molecular weight excluding hydrogens is 280 g/mol. The molecule has 0 spiro atoms. The quantitative estimate of drug-likeness (QED) is 0.409. The molecule has 1 unspecified atom stereocenters. The van der Waals surface area contributed by atoms with E-state index in [0.717, 1.165) is 16.8 Å². The molecule has 0 aliphatic carbocycles. The maximum atomic E-state index is 8.81. The van der Waals surface area contributed by atoms with Crippen LogP contribution < -0.4 is 5.32 Å². The molecule has 0 bridgehead atoms. The largest absolute Gasteiger partial charge is 0.272 e. The number of hydrogen-bond acceptors (Lipinski definition) is 4. The van der Waals surface area contributed by atoms with Gasteiger partial charge in [0, 0.05) is 6.20 Å². The van der Waals surface area contributed by atoms with Crippen LogP contribution in [-0.4, -0.2) is 16.4 Å². The van der Waals surface area contributed by atoms with E-state index in [1.54, 1.807) is 6.20 Å². The molecule has 5 heteroatoms. The highest BCUT2D eigenvalue weighted by molar-refractivity contribution is 8.13. The molecule has 106 valence electrons. The number of benzene rings is 1. The van der Waals surface area contributed by atoms with Gasteiger partial charge in [0.05, 0.1) is 5.69 Å². The van der Waals surface area contributed by atoms with Crippen LogP contribution in [0, 0.1) is 18.4 Å². The van der Waals surface area contributed by atoms with Gasteiger partial charge >= 0.3 is 0 Å². The fourth-order valence-electron chi connectivity index (χ4n) is 2.03. The summed E-state index contributed by atoms with van der Waals surface area (Å²) in [6.45, 7) is 2.05. The highest BCUT2D eigenvalue weighted by atomic mass is 32.2. The van der Waals surface area contributed by atoms with Gasteiger partial charge in [-0.1, -0.05) is 42.1 Å². The number of nitrogens with one attached hydrogen (secondary N) is 1. The Morgan fingerprint density at radius 2 is 2.05 bits per heavy atom. The third-order valence-corrected chi connectivity index (χ3v) is 3.65. The fraction of sp³-hybridized carbons (Fsp3) is 0.188. The van der Waals surface area contributed by atoms with E-state index in [9.17, 15) is 0 Å². The molecule has 1 heterocycles. The van der Waals surface area contributed by atoms with Gasteiger partial charge in [-0.2, -0.15) is 5.26 Å². The van der Waals surface area contributed by atoms with Gasteiger partial charge in [-0.15, -0.1) is 0 Å². The smallest absolute Gasteiger partial charge is 0.183 e. The minimum atomic E-state index is -0.226. The number of hydrogen-bond donors (Lipinski definition) is 1. The molecule has 0 amide bonds. The molecule has 2 rings (SSSR count). The second kappa shape index (κ2) is 7.46. The summed E-state index contributed by atoms with van der Waals surface area (Å²) < 4.78 is 0. The van der Waals surface area contributed by atoms with Crippen LogP contribution >= 0.6 is 11.8 Å². The SMILES string of the molecule is CSC(=NC(c1ccccn1)c1ccccc1C)NC#N. The molecule has 0 radical (unpaired) electrons. The Bertz CT molecular complexity index is 661. The van der Waals surface area contributed by atoms with Gasteiger partial charge in [-0.05, 0) is 36.4 Å². The molecule has 1 N–H and O–H groups in total. The number of aryl methyl sites for hydroxylation is 1. The monoisotopic (exact) mass is 296 g/mol. The van der Waals surface area contributed by atoms with Crippen LogP contribution in [0.25, 0.3) is 0 Å². The van der Waals surface area contributed by atoms with Crippen LogP contribution in [0.4, 0.5) is 0 Å². The topological polar surface area (TPSA) is 61.1 Å². The first-order chi connectivity index (χ1) is 10.3. The van der Waals surface area contributed by atoms with E-state index in [1.807, 2.05) is 48.8 Å². The summed E-state index contributed by atoms with van der Waals surface area (Å²) in [5.41, 5.74) is 3.09.